The molecule has 0 radical (unpaired) electrons. The Hall–Kier alpha value is -4.60. The Morgan fingerprint density at radius 3 is 2.32 bits per heavy atom. The van der Waals surface area contributed by atoms with E-state index in [9.17, 15) is 24.8 Å². The molecule has 3 aromatic carbocycles. The van der Waals surface area contributed by atoms with Gasteiger partial charge in [-0.25, -0.2) is 4.79 Å². The van der Waals surface area contributed by atoms with Crippen molar-refractivity contribution in [1.29, 1.82) is 0 Å². The maximum atomic E-state index is 13.4. The van der Waals surface area contributed by atoms with Gasteiger partial charge in [-0.05, 0) is 89.2 Å². The van der Waals surface area contributed by atoms with Gasteiger partial charge in [-0.3, -0.25) is 19.8 Å². The number of rotatable bonds is 16. The third kappa shape index (κ3) is 8.96. The van der Waals surface area contributed by atoms with Crippen molar-refractivity contribution in [2.45, 2.75) is 19.1 Å². The number of halogens is 1. The predicted molar refractivity (Wildman–Crippen MR) is 215 cm³/mol. The van der Waals surface area contributed by atoms with Crippen molar-refractivity contribution in [3.05, 3.63) is 120 Å². The number of amides is 1. The summed E-state index contributed by atoms with van der Waals surface area (Å²) in [6.45, 7) is 6.50. The molecule has 5 rings (SSSR count). The summed E-state index contributed by atoms with van der Waals surface area (Å²) in [5, 5.41) is 30.0. The topological polar surface area (TPSA) is 147 Å². The molecule has 280 valence electrons. The number of carboxylic acids is 1. The molecule has 3 N–H and O–H groups in total. The summed E-state index contributed by atoms with van der Waals surface area (Å²) < 4.78 is 11.8. The fourth-order valence-corrected chi connectivity index (χ4v) is 10.1. The van der Waals surface area contributed by atoms with E-state index in [0.717, 1.165) is 22.4 Å². The molecule has 0 saturated carbocycles. The van der Waals surface area contributed by atoms with Gasteiger partial charge in [-0.15, -0.1) is 0 Å². The lowest BCUT2D eigenvalue weighted by Gasteiger charge is -2.40. The Labute approximate surface area is 319 Å². The molecule has 1 unspecified atom stereocenters. The highest BCUT2D eigenvalue weighted by Gasteiger charge is 2.41. The molecule has 0 saturated heterocycles. The van der Waals surface area contributed by atoms with Crippen LogP contribution in [0.1, 0.15) is 31.8 Å². The van der Waals surface area contributed by atoms with Crippen LogP contribution in [0.2, 0.25) is 13.1 Å². The fraction of sp³-hybridized carbons (Fsp3) is 0.333. The van der Waals surface area contributed by atoms with Gasteiger partial charge in [0, 0.05) is 55.0 Å². The van der Waals surface area contributed by atoms with Crippen LogP contribution in [0.3, 0.4) is 0 Å². The van der Waals surface area contributed by atoms with Gasteiger partial charge >= 0.3 is 5.97 Å². The van der Waals surface area contributed by atoms with Crippen molar-refractivity contribution in [2.24, 2.45) is 0 Å². The molecule has 0 aromatic heterocycles. The number of nitro benzene ring substituents is 1. The highest BCUT2D eigenvalue weighted by molar-refractivity contribution is 9.10. The highest BCUT2D eigenvalue weighted by Crippen LogP contribution is 2.43. The number of ether oxygens (including phenoxy) is 2. The first-order chi connectivity index (χ1) is 25.2. The maximum Gasteiger partial charge on any atom is 0.336 e. The lowest BCUT2D eigenvalue weighted by Crippen LogP contribution is -2.50. The third-order valence-electron chi connectivity index (χ3n) is 9.49. The van der Waals surface area contributed by atoms with Crippen LogP contribution in [0.15, 0.2) is 88.1 Å². The minimum absolute atomic E-state index is 0.0222. The largest absolute Gasteiger partial charge is 0.478 e. The van der Waals surface area contributed by atoms with E-state index in [4.69, 9.17) is 9.47 Å². The van der Waals surface area contributed by atoms with Crippen molar-refractivity contribution < 1.29 is 29.1 Å². The molecular weight excluding hydrogens is 758 g/mol. The van der Waals surface area contributed by atoms with Crippen LogP contribution >= 0.6 is 15.9 Å². The van der Waals surface area contributed by atoms with Gasteiger partial charge in [0.1, 0.15) is 13.8 Å². The van der Waals surface area contributed by atoms with E-state index in [1.165, 1.54) is 22.5 Å². The van der Waals surface area contributed by atoms with Gasteiger partial charge in [0.2, 0.25) is 0 Å². The number of nitrogens with zero attached hydrogens (tertiary/aromatic N) is 3. The van der Waals surface area contributed by atoms with E-state index >= 15 is 0 Å². The van der Waals surface area contributed by atoms with E-state index in [-0.39, 0.29) is 36.4 Å². The Morgan fingerprint density at radius 1 is 0.943 bits per heavy atom. The second kappa shape index (κ2) is 17.0. The first-order valence-corrected chi connectivity index (χ1v) is 21.1. The van der Waals surface area contributed by atoms with E-state index in [0.29, 0.717) is 47.7 Å². The lowest BCUT2D eigenvalue weighted by atomic mass is 9.86. The molecule has 0 bridgehead atoms. The highest BCUT2D eigenvalue weighted by atomic mass is 79.9. The van der Waals surface area contributed by atoms with Gasteiger partial charge in [-0.2, -0.15) is 0 Å². The molecule has 3 aromatic rings. The number of carboxylic acid groups (broad SMARTS) is 1. The number of carbonyl (C=O) groups excluding carboxylic acids is 1. The zero-order chi connectivity index (χ0) is 38.4. The van der Waals surface area contributed by atoms with Gasteiger partial charge in [0.05, 0.1) is 36.9 Å². The lowest BCUT2D eigenvalue weighted by molar-refractivity contribution is -0.384. The summed E-state index contributed by atoms with van der Waals surface area (Å²) in [5.41, 5.74) is 5.26. The third-order valence-corrected chi connectivity index (χ3v) is 13.5. The smallest absolute Gasteiger partial charge is 0.336 e. The normalized spacial score (nSPS) is 15.8. The molecule has 12 nitrogen and oxygen atoms in total. The summed E-state index contributed by atoms with van der Waals surface area (Å²) in [7, 11) is 5.89. The van der Waals surface area contributed by atoms with Crippen molar-refractivity contribution >= 4 is 63.7 Å². The molecule has 1 amide bonds. The van der Waals surface area contributed by atoms with E-state index in [1.807, 2.05) is 28.2 Å². The maximum absolute atomic E-state index is 13.4. The molecule has 1 heterocycles. The number of allylic oxidation sites excluding steroid dienone is 3. The number of anilines is 2. The molecule has 1 atom stereocenters. The number of aromatic carboxylic acids is 1. The molecule has 53 heavy (non-hydrogen) atoms. The van der Waals surface area contributed by atoms with Crippen LogP contribution < -0.4 is 20.7 Å². The zero-order valence-corrected chi connectivity index (χ0v) is 33.5. The fourth-order valence-electron chi connectivity index (χ4n) is 6.61. The average Bonchev–Trinajstić information content (AvgIpc) is 3.12. The Morgan fingerprint density at radius 2 is 1.66 bits per heavy atom. The number of fused-ring (bicyclic) bond motifs is 2. The molecule has 0 spiro atoms. The number of likely N-dealkylation sites (N-methyl/N-ethyl adjacent to an activating group) is 1. The SMILES string of the molecule is CN(C)c1ccc2c(c1)[Si](C)(C)C1=CC(N(C)C)C=CC1=C2c1cc(C(=O)NCCOCCOCCNc2ccc(Br)cc2[N+](=O)[O-])ccc1C(=O)O. The van der Waals surface area contributed by atoms with Crippen LogP contribution in [-0.2, 0) is 9.47 Å². The van der Waals surface area contributed by atoms with Gasteiger partial charge in [-0.1, -0.05) is 53.3 Å². The first kappa shape index (κ1) is 39.6. The monoisotopic (exact) mass is 803 g/mol. The van der Waals surface area contributed by atoms with Crippen LogP contribution in [0.5, 0.6) is 0 Å². The molecular formula is C39H46BrN5O7Si. The van der Waals surface area contributed by atoms with Crippen LogP contribution in [0, 0.1) is 10.1 Å². The quantitative estimate of drug-likeness (QED) is 0.0715. The van der Waals surface area contributed by atoms with Gasteiger partial charge in [0.25, 0.3) is 11.6 Å². The minimum Gasteiger partial charge on any atom is -0.478 e. The summed E-state index contributed by atoms with van der Waals surface area (Å²) in [6.07, 6.45) is 6.57. The Balaban J connectivity index is 1.26. The van der Waals surface area contributed by atoms with Crippen molar-refractivity contribution in [1.82, 2.24) is 10.2 Å². The van der Waals surface area contributed by atoms with Gasteiger partial charge in [0.15, 0.2) is 0 Å². The molecule has 1 aliphatic carbocycles. The van der Waals surface area contributed by atoms with Crippen LogP contribution in [-0.4, -0.2) is 109 Å². The molecule has 1 aliphatic heterocycles. The Bertz CT molecular complexity index is 1990. The summed E-state index contributed by atoms with van der Waals surface area (Å²) in [4.78, 5) is 41.2. The summed E-state index contributed by atoms with van der Waals surface area (Å²) in [6, 6.07) is 16.1. The Kier molecular flexibility index (Phi) is 12.7. The van der Waals surface area contributed by atoms with E-state index in [2.05, 4.69) is 85.9 Å². The van der Waals surface area contributed by atoms with E-state index in [1.54, 1.807) is 24.3 Å². The number of nitro groups is 1. The van der Waals surface area contributed by atoms with Crippen LogP contribution in [0.4, 0.5) is 17.1 Å². The zero-order valence-electron chi connectivity index (χ0n) is 30.9. The van der Waals surface area contributed by atoms with E-state index < -0.39 is 19.0 Å². The molecule has 0 fully saturated rings. The number of nitrogens with one attached hydrogen (secondary N) is 2. The number of hydrogen-bond donors (Lipinski definition) is 3. The first-order valence-electron chi connectivity index (χ1n) is 17.3. The predicted octanol–water partition coefficient (Wildman–Crippen LogP) is 5.69. The number of hydrogen-bond acceptors (Lipinski definition) is 9. The second-order valence-corrected chi connectivity index (χ2v) is 19.1. The van der Waals surface area contributed by atoms with Crippen LogP contribution in [0.25, 0.3) is 5.57 Å². The average molecular weight is 805 g/mol. The minimum atomic E-state index is -2.23. The summed E-state index contributed by atoms with van der Waals surface area (Å²) in [5.74, 6) is -1.40. The summed E-state index contributed by atoms with van der Waals surface area (Å²) >= 11 is 3.25. The van der Waals surface area contributed by atoms with Crippen molar-refractivity contribution in [2.75, 3.05) is 77.9 Å². The number of benzene rings is 3. The molecule has 14 heteroatoms. The second-order valence-electron chi connectivity index (χ2n) is 13.8. The van der Waals surface area contributed by atoms with Gasteiger partial charge < -0.3 is 30.1 Å². The van der Waals surface area contributed by atoms with Crippen molar-refractivity contribution in [3.8, 4) is 0 Å². The standard InChI is InChI=1S/C39H46BrN5O7Si/c1-43(2)27-9-12-30-35(23-27)53(5,6)36-24-28(44(3)4)10-13-31(36)37(30)32-21-25(7-11-29(32)39(47)48)38(46)42-16-18-52-20-19-51-17-15-41-33-14-8-26(40)22-34(33)45(49)50/h7-14,21-24,27,41H,15-20H2,1-6H3,(H,42,46)(H,47,48). The number of carbonyl (C=O) groups is 2. The van der Waals surface area contributed by atoms with Crippen molar-refractivity contribution in [3.63, 3.8) is 0 Å². The molecule has 2 aliphatic rings.